The van der Waals surface area contributed by atoms with Gasteiger partial charge in [0.25, 0.3) is 0 Å². The first-order valence-corrected chi connectivity index (χ1v) is 6.37. The molecule has 0 aromatic rings. The van der Waals surface area contributed by atoms with Crippen molar-refractivity contribution in [3.05, 3.63) is 0 Å². The lowest BCUT2D eigenvalue weighted by molar-refractivity contribution is -0.133. The summed E-state index contributed by atoms with van der Waals surface area (Å²) in [6.45, 7) is 6.49. The molecule has 1 heterocycles. The number of nitrogens with zero attached hydrogens (tertiary/aromatic N) is 3. The molecule has 1 amide bonds. The van der Waals surface area contributed by atoms with Gasteiger partial charge in [0.15, 0.2) is 0 Å². The first-order valence-electron chi connectivity index (χ1n) is 5.85. The Hall–Kier alpha value is -0.260. The van der Waals surface area contributed by atoms with E-state index in [9.17, 15) is 4.79 Å². The second kappa shape index (κ2) is 6.47. The van der Waals surface area contributed by atoms with Crippen LogP contribution in [0.25, 0.3) is 0 Å². The van der Waals surface area contributed by atoms with E-state index in [4.69, 9.17) is 0 Å². The van der Waals surface area contributed by atoms with Crippen molar-refractivity contribution in [1.29, 1.82) is 0 Å². The fourth-order valence-electron chi connectivity index (χ4n) is 1.82. The smallest absolute Gasteiger partial charge is 0.223 e. The van der Waals surface area contributed by atoms with Crippen LogP contribution in [0.15, 0.2) is 0 Å². The maximum atomic E-state index is 11.8. The molecule has 0 N–H and O–H groups in total. The van der Waals surface area contributed by atoms with Crippen molar-refractivity contribution in [1.82, 2.24) is 14.7 Å². The number of piperazine rings is 1. The van der Waals surface area contributed by atoms with Crippen molar-refractivity contribution in [3.8, 4) is 0 Å². The van der Waals surface area contributed by atoms with Gasteiger partial charge in [-0.1, -0.05) is 0 Å². The minimum Gasteiger partial charge on any atom is -0.340 e. The van der Waals surface area contributed by atoms with E-state index in [0.29, 0.717) is 11.8 Å². The number of amides is 1. The highest BCUT2D eigenvalue weighted by molar-refractivity contribution is 7.80. The predicted octanol–water partition coefficient (Wildman–Crippen LogP) is 0.358. The second-order valence-corrected chi connectivity index (χ2v) is 5.35. The molecule has 94 valence electrons. The number of thiol groups is 1. The Balaban J connectivity index is 2.27. The first-order chi connectivity index (χ1) is 7.50. The summed E-state index contributed by atoms with van der Waals surface area (Å²) in [5.74, 6) is 0.278. The number of hydrogen-bond acceptors (Lipinski definition) is 4. The molecule has 1 aliphatic heterocycles. The van der Waals surface area contributed by atoms with Crippen LogP contribution in [-0.2, 0) is 4.79 Å². The lowest BCUT2D eigenvalue weighted by Gasteiger charge is -2.36. The van der Waals surface area contributed by atoms with Crippen molar-refractivity contribution in [2.45, 2.75) is 18.7 Å². The predicted molar refractivity (Wildman–Crippen MR) is 69.8 cm³/mol. The van der Waals surface area contributed by atoms with Crippen LogP contribution in [0, 0.1) is 0 Å². The zero-order chi connectivity index (χ0) is 12.1. The van der Waals surface area contributed by atoms with Crippen molar-refractivity contribution < 1.29 is 4.79 Å². The van der Waals surface area contributed by atoms with Gasteiger partial charge in [-0.2, -0.15) is 12.6 Å². The average molecular weight is 245 g/mol. The van der Waals surface area contributed by atoms with Crippen molar-refractivity contribution in [2.75, 3.05) is 46.8 Å². The largest absolute Gasteiger partial charge is 0.340 e. The van der Waals surface area contributed by atoms with Crippen LogP contribution in [0.3, 0.4) is 0 Å². The SMILES string of the molecule is CC(S)N1CCN(C(=O)CCN(C)C)CC1. The van der Waals surface area contributed by atoms with Crippen LogP contribution in [0.5, 0.6) is 0 Å². The average Bonchev–Trinajstić information content (AvgIpc) is 2.26. The molecule has 1 atom stereocenters. The van der Waals surface area contributed by atoms with Crippen LogP contribution in [0.2, 0.25) is 0 Å². The molecule has 1 aliphatic rings. The summed E-state index contributed by atoms with van der Waals surface area (Å²) in [7, 11) is 3.99. The molecule has 1 fully saturated rings. The Morgan fingerprint density at radius 1 is 1.31 bits per heavy atom. The van der Waals surface area contributed by atoms with E-state index in [1.54, 1.807) is 0 Å². The zero-order valence-corrected chi connectivity index (χ0v) is 11.4. The van der Waals surface area contributed by atoms with Gasteiger partial charge in [0, 0.05) is 39.1 Å². The van der Waals surface area contributed by atoms with E-state index >= 15 is 0 Å². The molecular formula is C11H23N3OS. The van der Waals surface area contributed by atoms with Gasteiger partial charge < -0.3 is 9.80 Å². The van der Waals surface area contributed by atoms with Gasteiger partial charge in [-0.25, -0.2) is 0 Å². The highest BCUT2D eigenvalue weighted by Gasteiger charge is 2.22. The van der Waals surface area contributed by atoms with Gasteiger partial charge in [-0.05, 0) is 21.0 Å². The summed E-state index contributed by atoms with van der Waals surface area (Å²) in [5.41, 5.74) is 0. The Morgan fingerprint density at radius 3 is 2.31 bits per heavy atom. The Kier molecular flexibility index (Phi) is 5.58. The third-order valence-electron chi connectivity index (χ3n) is 2.97. The fraction of sp³-hybridized carbons (Fsp3) is 0.909. The lowest BCUT2D eigenvalue weighted by atomic mass is 10.2. The molecule has 0 aromatic heterocycles. The third kappa shape index (κ3) is 4.31. The summed E-state index contributed by atoms with van der Waals surface area (Å²) in [5, 5.41) is 0.291. The molecule has 5 heteroatoms. The summed E-state index contributed by atoms with van der Waals surface area (Å²) >= 11 is 4.41. The highest BCUT2D eigenvalue weighted by atomic mass is 32.1. The third-order valence-corrected chi connectivity index (χ3v) is 3.29. The van der Waals surface area contributed by atoms with E-state index in [1.165, 1.54) is 0 Å². The highest BCUT2D eigenvalue weighted by Crippen LogP contribution is 2.09. The first kappa shape index (κ1) is 13.8. The monoisotopic (exact) mass is 245 g/mol. The molecule has 0 spiro atoms. The second-order valence-electron chi connectivity index (χ2n) is 4.60. The van der Waals surface area contributed by atoms with Crippen LogP contribution < -0.4 is 0 Å². The molecule has 0 radical (unpaired) electrons. The van der Waals surface area contributed by atoms with Crippen LogP contribution in [0.1, 0.15) is 13.3 Å². The molecule has 0 aliphatic carbocycles. The maximum Gasteiger partial charge on any atom is 0.223 e. The normalized spacial score (nSPS) is 20.2. The van der Waals surface area contributed by atoms with Gasteiger partial charge in [0.05, 0.1) is 5.37 Å². The molecule has 0 aromatic carbocycles. The minimum absolute atomic E-state index is 0.278. The number of rotatable bonds is 4. The number of carbonyl (C=O) groups is 1. The van der Waals surface area contributed by atoms with Crippen molar-refractivity contribution in [3.63, 3.8) is 0 Å². The van der Waals surface area contributed by atoms with E-state index in [1.807, 2.05) is 23.9 Å². The van der Waals surface area contributed by atoms with Crippen LogP contribution in [0.4, 0.5) is 0 Å². The maximum absolute atomic E-state index is 11.8. The Morgan fingerprint density at radius 2 is 1.88 bits per heavy atom. The molecule has 16 heavy (non-hydrogen) atoms. The van der Waals surface area contributed by atoms with Gasteiger partial charge in [-0.15, -0.1) is 0 Å². The summed E-state index contributed by atoms with van der Waals surface area (Å²) in [6.07, 6.45) is 0.628. The summed E-state index contributed by atoms with van der Waals surface area (Å²) in [6, 6.07) is 0. The zero-order valence-electron chi connectivity index (χ0n) is 10.5. The number of carbonyl (C=O) groups excluding carboxylic acids is 1. The van der Waals surface area contributed by atoms with E-state index < -0.39 is 0 Å². The molecule has 1 unspecified atom stereocenters. The number of hydrogen-bond donors (Lipinski definition) is 1. The van der Waals surface area contributed by atoms with Crippen LogP contribution in [-0.4, -0.2) is 72.8 Å². The molecule has 0 bridgehead atoms. The standard InChI is InChI=1S/C11H23N3OS/c1-10(16)13-6-8-14(9-7-13)11(15)4-5-12(2)3/h10,16H,4-9H2,1-3H3. The van der Waals surface area contributed by atoms with Gasteiger partial charge in [-0.3, -0.25) is 9.69 Å². The molecule has 1 saturated heterocycles. The van der Waals surface area contributed by atoms with Gasteiger partial charge in [0.2, 0.25) is 5.91 Å². The molecule has 0 saturated carbocycles. The van der Waals surface area contributed by atoms with Crippen molar-refractivity contribution >= 4 is 18.5 Å². The quantitative estimate of drug-likeness (QED) is 0.725. The summed E-state index contributed by atoms with van der Waals surface area (Å²) in [4.78, 5) is 18.1. The van der Waals surface area contributed by atoms with Crippen molar-refractivity contribution in [2.24, 2.45) is 0 Å². The Bertz CT molecular complexity index is 225. The molecular weight excluding hydrogens is 222 g/mol. The van der Waals surface area contributed by atoms with E-state index in [2.05, 4.69) is 24.5 Å². The van der Waals surface area contributed by atoms with Gasteiger partial charge >= 0.3 is 0 Å². The molecule has 1 rings (SSSR count). The van der Waals surface area contributed by atoms with Gasteiger partial charge in [0.1, 0.15) is 0 Å². The Labute approximate surface area is 104 Å². The van der Waals surface area contributed by atoms with E-state index in [-0.39, 0.29) is 5.91 Å². The molecule has 4 nitrogen and oxygen atoms in total. The van der Waals surface area contributed by atoms with Crippen LogP contribution >= 0.6 is 12.6 Å². The van der Waals surface area contributed by atoms with E-state index in [0.717, 1.165) is 32.7 Å². The minimum atomic E-state index is 0.278. The topological polar surface area (TPSA) is 26.8 Å². The lowest BCUT2D eigenvalue weighted by Crippen LogP contribution is -2.50. The fourth-order valence-corrected chi connectivity index (χ4v) is 2.05. The summed E-state index contributed by atoms with van der Waals surface area (Å²) < 4.78 is 0.